The van der Waals surface area contributed by atoms with Crippen LogP contribution in [-0.2, 0) is 17.8 Å². The summed E-state index contributed by atoms with van der Waals surface area (Å²) >= 11 is 0. The standard InChI is InChI=1S/C30H35NO4/c1-24-8-10-25(11-9-24)22-30(33)16-19-31(20-17-30)18-5-21-34-29(32)27-12-14-28(15-13-27)35-23-26-6-3-2-4-7-26/h2-4,6-15,33H,5,16-23H2,1H3. The van der Waals surface area contributed by atoms with Gasteiger partial charge in [0.05, 0.1) is 17.8 Å². The predicted molar refractivity (Wildman–Crippen MR) is 138 cm³/mol. The quantitative estimate of drug-likeness (QED) is 0.324. The number of carbonyl (C=O) groups is 1. The van der Waals surface area contributed by atoms with Crippen LogP contribution in [-0.4, -0.2) is 47.8 Å². The summed E-state index contributed by atoms with van der Waals surface area (Å²) in [4.78, 5) is 14.7. The Morgan fingerprint density at radius 3 is 2.29 bits per heavy atom. The molecule has 5 nitrogen and oxygen atoms in total. The number of hydrogen-bond acceptors (Lipinski definition) is 5. The summed E-state index contributed by atoms with van der Waals surface area (Å²) in [5, 5.41) is 11.0. The topological polar surface area (TPSA) is 59.0 Å². The fraction of sp³-hybridized carbons (Fsp3) is 0.367. The van der Waals surface area contributed by atoms with E-state index in [-0.39, 0.29) is 5.97 Å². The molecule has 1 aliphatic heterocycles. The molecule has 1 N–H and O–H groups in total. The van der Waals surface area contributed by atoms with Gasteiger partial charge in [-0.25, -0.2) is 4.79 Å². The Hall–Kier alpha value is -3.15. The van der Waals surface area contributed by atoms with Gasteiger partial charge in [0.2, 0.25) is 0 Å². The van der Waals surface area contributed by atoms with Gasteiger partial charge >= 0.3 is 5.97 Å². The van der Waals surface area contributed by atoms with Crippen molar-refractivity contribution in [2.75, 3.05) is 26.2 Å². The third kappa shape index (κ3) is 7.67. The highest BCUT2D eigenvalue weighted by molar-refractivity contribution is 5.89. The maximum Gasteiger partial charge on any atom is 0.338 e. The average molecular weight is 474 g/mol. The van der Waals surface area contributed by atoms with Crippen LogP contribution in [0.3, 0.4) is 0 Å². The first-order chi connectivity index (χ1) is 17.0. The van der Waals surface area contributed by atoms with E-state index in [0.29, 0.717) is 25.2 Å². The molecule has 0 atom stereocenters. The minimum absolute atomic E-state index is 0.314. The number of likely N-dealkylation sites (tertiary alicyclic amines) is 1. The van der Waals surface area contributed by atoms with Gasteiger partial charge in [-0.05, 0) is 61.6 Å². The molecule has 1 aliphatic rings. The molecule has 0 amide bonds. The molecule has 3 aromatic carbocycles. The Morgan fingerprint density at radius 2 is 1.60 bits per heavy atom. The van der Waals surface area contributed by atoms with Gasteiger partial charge in [-0.2, -0.15) is 0 Å². The number of aliphatic hydroxyl groups is 1. The third-order valence-electron chi connectivity index (χ3n) is 6.63. The number of nitrogens with zero attached hydrogens (tertiary/aromatic N) is 1. The van der Waals surface area contributed by atoms with E-state index >= 15 is 0 Å². The first-order valence-electron chi connectivity index (χ1n) is 12.4. The normalized spacial score (nSPS) is 15.5. The van der Waals surface area contributed by atoms with Crippen molar-refractivity contribution in [1.29, 1.82) is 0 Å². The van der Waals surface area contributed by atoms with E-state index in [1.165, 1.54) is 11.1 Å². The van der Waals surface area contributed by atoms with Gasteiger partial charge in [0.25, 0.3) is 0 Å². The van der Waals surface area contributed by atoms with Crippen LogP contribution in [0.25, 0.3) is 0 Å². The van der Waals surface area contributed by atoms with Gasteiger partial charge in [0.15, 0.2) is 0 Å². The highest BCUT2D eigenvalue weighted by Crippen LogP contribution is 2.26. The second-order valence-electron chi connectivity index (χ2n) is 9.52. The number of piperidine rings is 1. The van der Waals surface area contributed by atoms with E-state index < -0.39 is 5.60 Å². The second kappa shape index (κ2) is 12.0. The largest absolute Gasteiger partial charge is 0.489 e. The number of aryl methyl sites for hydroxylation is 1. The molecule has 0 radical (unpaired) electrons. The molecule has 3 aromatic rings. The highest BCUT2D eigenvalue weighted by Gasteiger charge is 2.32. The summed E-state index contributed by atoms with van der Waals surface area (Å²) in [6, 6.07) is 25.5. The lowest BCUT2D eigenvalue weighted by Gasteiger charge is -2.38. The monoisotopic (exact) mass is 473 g/mol. The van der Waals surface area contributed by atoms with Crippen LogP contribution in [0.4, 0.5) is 0 Å². The van der Waals surface area contributed by atoms with Crippen LogP contribution in [0.1, 0.15) is 46.3 Å². The van der Waals surface area contributed by atoms with Crippen LogP contribution in [0, 0.1) is 6.92 Å². The number of hydrogen-bond donors (Lipinski definition) is 1. The SMILES string of the molecule is Cc1ccc(CC2(O)CCN(CCCOC(=O)c3ccc(OCc4ccccc4)cc3)CC2)cc1. The molecule has 1 fully saturated rings. The van der Waals surface area contributed by atoms with Crippen LogP contribution in [0.15, 0.2) is 78.9 Å². The highest BCUT2D eigenvalue weighted by atomic mass is 16.5. The zero-order chi connectivity index (χ0) is 24.5. The van der Waals surface area contributed by atoms with E-state index in [4.69, 9.17) is 9.47 Å². The number of rotatable bonds is 10. The summed E-state index contributed by atoms with van der Waals surface area (Å²) in [6.45, 7) is 5.54. The summed E-state index contributed by atoms with van der Waals surface area (Å²) in [5.41, 5.74) is 3.42. The Labute approximate surface area is 208 Å². The summed E-state index contributed by atoms with van der Waals surface area (Å²) in [5.74, 6) is 0.406. The zero-order valence-corrected chi connectivity index (χ0v) is 20.5. The number of esters is 1. The molecule has 0 unspecified atom stereocenters. The van der Waals surface area contributed by atoms with Crippen molar-refractivity contribution in [3.8, 4) is 5.75 Å². The van der Waals surface area contributed by atoms with Gasteiger partial charge in [-0.1, -0.05) is 60.2 Å². The molecule has 0 saturated carbocycles. The lowest BCUT2D eigenvalue weighted by Crippen LogP contribution is -2.46. The molecule has 0 bridgehead atoms. The molecule has 0 aromatic heterocycles. The Morgan fingerprint density at radius 1 is 0.914 bits per heavy atom. The maximum atomic E-state index is 12.4. The molecular formula is C30H35NO4. The van der Waals surface area contributed by atoms with Gasteiger partial charge in [-0.15, -0.1) is 0 Å². The molecular weight excluding hydrogens is 438 g/mol. The van der Waals surface area contributed by atoms with Crippen LogP contribution < -0.4 is 4.74 Å². The third-order valence-corrected chi connectivity index (χ3v) is 6.63. The maximum absolute atomic E-state index is 12.4. The van der Waals surface area contributed by atoms with E-state index in [1.54, 1.807) is 24.3 Å². The van der Waals surface area contributed by atoms with Gasteiger partial charge in [0, 0.05) is 26.1 Å². The zero-order valence-electron chi connectivity index (χ0n) is 20.5. The molecule has 0 spiro atoms. The van der Waals surface area contributed by atoms with Crippen molar-refractivity contribution in [3.63, 3.8) is 0 Å². The minimum atomic E-state index is -0.630. The first kappa shape index (κ1) is 25.0. The fourth-order valence-corrected chi connectivity index (χ4v) is 4.42. The second-order valence-corrected chi connectivity index (χ2v) is 9.52. The minimum Gasteiger partial charge on any atom is -0.489 e. The first-order valence-corrected chi connectivity index (χ1v) is 12.4. The lowest BCUT2D eigenvalue weighted by molar-refractivity contribution is -0.0216. The molecule has 4 rings (SSSR count). The Bertz CT molecular complexity index is 1060. The van der Waals surface area contributed by atoms with Crippen molar-refractivity contribution >= 4 is 5.97 Å². The number of carbonyl (C=O) groups excluding carboxylic acids is 1. The van der Waals surface area contributed by atoms with Gasteiger partial charge in [-0.3, -0.25) is 0 Å². The number of benzene rings is 3. The van der Waals surface area contributed by atoms with Gasteiger partial charge in [0.1, 0.15) is 12.4 Å². The summed E-state index contributed by atoms with van der Waals surface area (Å²) < 4.78 is 11.2. The van der Waals surface area contributed by atoms with Crippen molar-refractivity contribution < 1.29 is 19.4 Å². The van der Waals surface area contributed by atoms with Crippen molar-refractivity contribution in [1.82, 2.24) is 4.90 Å². The average Bonchev–Trinajstić information content (AvgIpc) is 2.89. The Balaban J connectivity index is 1.12. The molecule has 1 heterocycles. The Kier molecular flexibility index (Phi) is 8.56. The van der Waals surface area contributed by atoms with Crippen molar-refractivity contribution in [2.45, 2.75) is 44.8 Å². The lowest BCUT2D eigenvalue weighted by atomic mass is 9.85. The van der Waals surface area contributed by atoms with E-state index in [2.05, 4.69) is 36.1 Å². The van der Waals surface area contributed by atoms with Crippen LogP contribution >= 0.6 is 0 Å². The number of ether oxygens (including phenoxy) is 2. The summed E-state index contributed by atoms with van der Waals surface area (Å²) in [7, 11) is 0. The van der Waals surface area contributed by atoms with E-state index in [1.807, 2.05) is 30.3 Å². The van der Waals surface area contributed by atoms with Crippen molar-refractivity contribution in [2.24, 2.45) is 0 Å². The van der Waals surface area contributed by atoms with Crippen LogP contribution in [0.2, 0.25) is 0 Å². The molecule has 0 aliphatic carbocycles. The molecule has 35 heavy (non-hydrogen) atoms. The summed E-state index contributed by atoms with van der Waals surface area (Å²) in [6.07, 6.45) is 3.01. The van der Waals surface area contributed by atoms with E-state index in [0.717, 1.165) is 50.2 Å². The smallest absolute Gasteiger partial charge is 0.338 e. The predicted octanol–water partition coefficient (Wildman–Crippen LogP) is 5.19. The van der Waals surface area contributed by atoms with Crippen LogP contribution in [0.5, 0.6) is 5.75 Å². The van der Waals surface area contributed by atoms with E-state index in [9.17, 15) is 9.90 Å². The van der Waals surface area contributed by atoms with Crippen molar-refractivity contribution in [3.05, 3.63) is 101 Å². The molecule has 5 heteroatoms. The molecule has 184 valence electrons. The van der Waals surface area contributed by atoms with Gasteiger partial charge < -0.3 is 19.5 Å². The fourth-order valence-electron chi connectivity index (χ4n) is 4.42. The molecule has 1 saturated heterocycles.